The lowest BCUT2D eigenvalue weighted by Gasteiger charge is -2.06. The minimum absolute atomic E-state index is 0.328. The Bertz CT molecular complexity index is 535. The first-order chi connectivity index (χ1) is 8.16. The van der Waals surface area contributed by atoms with Crippen LogP contribution >= 0.6 is 11.8 Å². The average molecular weight is 244 g/mol. The van der Waals surface area contributed by atoms with Crippen molar-refractivity contribution in [1.29, 1.82) is 0 Å². The van der Waals surface area contributed by atoms with Crippen LogP contribution in [0.5, 0.6) is 0 Å². The first kappa shape index (κ1) is 11.7. The van der Waals surface area contributed by atoms with E-state index in [1.165, 1.54) is 0 Å². The molecule has 3 heteroatoms. The molecular weight excluding hydrogens is 232 g/mol. The lowest BCUT2D eigenvalue weighted by atomic mass is 10.1. The standard InChI is InChI=1S/C14H12O2S/c1-10-7-8-11(14(15)16)9-13(10)17-12-5-3-2-4-6-12/h2-9H,1H3,(H,15,16). The van der Waals surface area contributed by atoms with Gasteiger partial charge in [0.1, 0.15) is 0 Å². The summed E-state index contributed by atoms with van der Waals surface area (Å²) in [5.41, 5.74) is 1.41. The smallest absolute Gasteiger partial charge is 0.335 e. The zero-order chi connectivity index (χ0) is 12.3. The number of rotatable bonds is 3. The molecule has 0 radical (unpaired) electrons. The Hall–Kier alpha value is -1.74. The Kier molecular flexibility index (Phi) is 3.49. The molecule has 2 aromatic rings. The lowest BCUT2D eigenvalue weighted by Crippen LogP contribution is -1.96. The van der Waals surface area contributed by atoms with Crippen LogP contribution in [0, 0.1) is 6.92 Å². The molecule has 86 valence electrons. The Labute approximate surface area is 104 Å². The number of hydrogen-bond donors (Lipinski definition) is 1. The van der Waals surface area contributed by atoms with E-state index in [1.54, 1.807) is 23.9 Å². The van der Waals surface area contributed by atoms with Gasteiger partial charge >= 0.3 is 5.97 Å². The van der Waals surface area contributed by atoms with Gasteiger partial charge in [-0.3, -0.25) is 0 Å². The van der Waals surface area contributed by atoms with E-state index in [0.717, 1.165) is 15.4 Å². The second-order valence-corrected chi connectivity index (χ2v) is 4.82. The zero-order valence-corrected chi connectivity index (χ0v) is 10.2. The second-order valence-electron chi connectivity index (χ2n) is 3.70. The maximum absolute atomic E-state index is 10.9. The topological polar surface area (TPSA) is 37.3 Å². The van der Waals surface area contributed by atoms with Crippen LogP contribution in [0.2, 0.25) is 0 Å². The van der Waals surface area contributed by atoms with Crippen molar-refractivity contribution in [2.24, 2.45) is 0 Å². The fraction of sp³-hybridized carbons (Fsp3) is 0.0714. The number of hydrogen-bond acceptors (Lipinski definition) is 2. The first-order valence-electron chi connectivity index (χ1n) is 5.23. The molecule has 0 saturated carbocycles. The van der Waals surface area contributed by atoms with E-state index in [-0.39, 0.29) is 0 Å². The normalized spacial score (nSPS) is 10.2. The average Bonchev–Trinajstić information content (AvgIpc) is 2.33. The molecule has 2 aromatic carbocycles. The Morgan fingerprint density at radius 2 is 1.82 bits per heavy atom. The van der Waals surface area contributed by atoms with Gasteiger partial charge in [-0.05, 0) is 36.8 Å². The molecule has 0 heterocycles. The monoisotopic (exact) mass is 244 g/mol. The van der Waals surface area contributed by atoms with E-state index in [4.69, 9.17) is 5.11 Å². The molecule has 17 heavy (non-hydrogen) atoms. The molecule has 0 aromatic heterocycles. The van der Waals surface area contributed by atoms with Gasteiger partial charge in [0.2, 0.25) is 0 Å². The number of benzene rings is 2. The Morgan fingerprint density at radius 1 is 1.12 bits per heavy atom. The first-order valence-corrected chi connectivity index (χ1v) is 6.05. The van der Waals surface area contributed by atoms with E-state index < -0.39 is 5.97 Å². The molecular formula is C14H12O2S. The maximum Gasteiger partial charge on any atom is 0.335 e. The predicted molar refractivity (Wildman–Crippen MR) is 68.7 cm³/mol. The van der Waals surface area contributed by atoms with Crippen molar-refractivity contribution >= 4 is 17.7 Å². The quantitative estimate of drug-likeness (QED) is 0.891. The van der Waals surface area contributed by atoms with Gasteiger partial charge < -0.3 is 5.11 Å². The summed E-state index contributed by atoms with van der Waals surface area (Å²) in [7, 11) is 0. The van der Waals surface area contributed by atoms with Crippen molar-refractivity contribution in [3.05, 3.63) is 59.7 Å². The zero-order valence-electron chi connectivity index (χ0n) is 9.38. The van der Waals surface area contributed by atoms with Crippen molar-refractivity contribution in [3.63, 3.8) is 0 Å². The van der Waals surface area contributed by atoms with Gasteiger partial charge in [-0.1, -0.05) is 36.0 Å². The summed E-state index contributed by atoms with van der Waals surface area (Å²) in [6.45, 7) is 1.98. The van der Waals surface area contributed by atoms with Crippen LogP contribution in [-0.4, -0.2) is 11.1 Å². The fourth-order valence-corrected chi connectivity index (χ4v) is 2.42. The summed E-state index contributed by atoms with van der Waals surface area (Å²) < 4.78 is 0. The van der Waals surface area contributed by atoms with Crippen LogP contribution in [0.3, 0.4) is 0 Å². The number of carboxylic acids is 1. The van der Waals surface area contributed by atoms with Crippen LogP contribution < -0.4 is 0 Å². The van der Waals surface area contributed by atoms with Crippen molar-refractivity contribution in [1.82, 2.24) is 0 Å². The van der Waals surface area contributed by atoms with Crippen LogP contribution in [0.15, 0.2) is 58.3 Å². The van der Waals surface area contributed by atoms with Gasteiger partial charge in [0.05, 0.1) is 5.56 Å². The van der Waals surface area contributed by atoms with Gasteiger partial charge in [0.25, 0.3) is 0 Å². The molecule has 1 N–H and O–H groups in total. The number of aryl methyl sites for hydroxylation is 1. The molecule has 0 atom stereocenters. The third-order valence-electron chi connectivity index (χ3n) is 2.41. The molecule has 0 unspecified atom stereocenters. The summed E-state index contributed by atoms with van der Waals surface area (Å²) in [6, 6.07) is 15.1. The Morgan fingerprint density at radius 3 is 2.47 bits per heavy atom. The highest BCUT2D eigenvalue weighted by Crippen LogP contribution is 2.30. The summed E-state index contributed by atoms with van der Waals surface area (Å²) in [6.07, 6.45) is 0. The summed E-state index contributed by atoms with van der Waals surface area (Å²) >= 11 is 1.58. The second kappa shape index (κ2) is 5.06. The fourth-order valence-electron chi connectivity index (χ4n) is 1.46. The molecule has 0 aliphatic heterocycles. The van der Waals surface area contributed by atoms with Crippen LogP contribution in [0.4, 0.5) is 0 Å². The highest BCUT2D eigenvalue weighted by atomic mass is 32.2. The number of carbonyl (C=O) groups is 1. The SMILES string of the molecule is Cc1ccc(C(=O)O)cc1Sc1ccccc1. The largest absolute Gasteiger partial charge is 0.478 e. The van der Waals surface area contributed by atoms with Gasteiger partial charge in [-0.15, -0.1) is 0 Å². The highest BCUT2D eigenvalue weighted by Gasteiger charge is 2.07. The third-order valence-corrected chi connectivity index (χ3v) is 3.57. The predicted octanol–water partition coefficient (Wildman–Crippen LogP) is 3.84. The van der Waals surface area contributed by atoms with Crippen molar-refractivity contribution in [3.8, 4) is 0 Å². The minimum Gasteiger partial charge on any atom is -0.478 e. The highest BCUT2D eigenvalue weighted by molar-refractivity contribution is 7.99. The maximum atomic E-state index is 10.9. The Balaban J connectivity index is 2.32. The van der Waals surface area contributed by atoms with E-state index in [0.29, 0.717) is 5.56 Å². The summed E-state index contributed by atoms with van der Waals surface area (Å²) in [5.74, 6) is -0.889. The molecule has 2 rings (SSSR count). The molecule has 0 fully saturated rings. The van der Waals surface area contributed by atoms with E-state index >= 15 is 0 Å². The number of carboxylic acid groups (broad SMARTS) is 1. The van der Waals surface area contributed by atoms with E-state index in [2.05, 4.69) is 0 Å². The number of aromatic carboxylic acids is 1. The van der Waals surface area contributed by atoms with Gasteiger partial charge in [0, 0.05) is 9.79 Å². The van der Waals surface area contributed by atoms with Crippen LogP contribution in [-0.2, 0) is 0 Å². The van der Waals surface area contributed by atoms with Gasteiger partial charge in [-0.2, -0.15) is 0 Å². The molecule has 0 saturated heterocycles. The molecule has 0 amide bonds. The van der Waals surface area contributed by atoms with Crippen LogP contribution in [0.25, 0.3) is 0 Å². The molecule has 0 aliphatic carbocycles. The molecule has 2 nitrogen and oxygen atoms in total. The molecule has 0 spiro atoms. The van der Waals surface area contributed by atoms with Crippen molar-refractivity contribution in [2.75, 3.05) is 0 Å². The van der Waals surface area contributed by atoms with E-state index in [9.17, 15) is 4.79 Å². The van der Waals surface area contributed by atoms with Crippen LogP contribution in [0.1, 0.15) is 15.9 Å². The van der Waals surface area contributed by atoms with Gasteiger partial charge in [0.15, 0.2) is 0 Å². The third kappa shape index (κ3) is 2.88. The molecule has 0 aliphatic rings. The van der Waals surface area contributed by atoms with Crippen molar-refractivity contribution < 1.29 is 9.90 Å². The summed E-state index contributed by atoms with van der Waals surface area (Å²) in [5, 5.41) is 8.96. The molecule has 0 bridgehead atoms. The van der Waals surface area contributed by atoms with Crippen molar-refractivity contribution in [2.45, 2.75) is 16.7 Å². The minimum atomic E-state index is -0.889. The van der Waals surface area contributed by atoms with E-state index in [1.807, 2.05) is 43.3 Å². The van der Waals surface area contributed by atoms with Gasteiger partial charge in [-0.25, -0.2) is 4.79 Å². The lowest BCUT2D eigenvalue weighted by molar-refractivity contribution is 0.0696. The summed E-state index contributed by atoms with van der Waals surface area (Å²) in [4.78, 5) is 13.0.